The van der Waals surface area contributed by atoms with Crippen molar-refractivity contribution in [1.29, 1.82) is 0 Å². The van der Waals surface area contributed by atoms with E-state index in [2.05, 4.69) is 0 Å². The standard InChI is InChI=1S/C13H21F3O/c1-3-9(4-2)12(17)10-7-5-6-8-11(10)13(14,15)16/h9-11H,3-8H2,1-2H3. The van der Waals surface area contributed by atoms with Gasteiger partial charge in [-0.15, -0.1) is 0 Å². The predicted molar refractivity (Wildman–Crippen MR) is 60.6 cm³/mol. The van der Waals surface area contributed by atoms with E-state index in [0.717, 1.165) is 6.42 Å². The Morgan fingerprint density at radius 3 is 2.18 bits per heavy atom. The van der Waals surface area contributed by atoms with Gasteiger partial charge in [-0.1, -0.05) is 26.7 Å². The first-order valence-corrected chi connectivity index (χ1v) is 6.52. The molecule has 0 saturated heterocycles. The molecule has 2 atom stereocenters. The molecule has 0 aromatic rings. The van der Waals surface area contributed by atoms with Crippen LogP contribution in [0.1, 0.15) is 52.4 Å². The summed E-state index contributed by atoms with van der Waals surface area (Å²) in [5.74, 6) is -2.53. The number of hydrogen-bond acceptors (Lipinski definition) is 1. The van der Waals surface area contributed by atoms with Gasteiger partial charge in [-0.25, -0.2) is 0 Å². The van der Waals surface area contributed by atoms with Crippen molar-refractivity contribution in [3.05, 3.63) is 0 Å². The average Bonchev–Trinajstić information content (AvgIpc) is 2.29. The smallest absolute Gasteiger partial charge is 0.299 e. The Labute approximate surface area is 101 Å². The van der Waals surface area contributed by atoms with Crippen LogP contribution in [0.25, 0.3) is 0 Å². The van der Waals surface area contributed by atoms with Crippen LogP contribution in [0.15, 0.2) is 0 Å². The van der Waals surface area contributed by atoms with Crippen LogP contribution >= 0.6 is 0 Å². The Morgan fingerprint density at radius 2 is 1.71 bits per heavy atom. The van der Waals surface area contributed by atoms with Gasteiger partial charge in [0.05, 0.1) is 5.92 Å². The van der Waals surface area contributed by atoms with E-state index in [4.69, 9.17) is 0 Å². The molecule has 2 unspecified atom stereocenters. The second-order valence-electron chi connectivity index (χ2n) is 4.95. The van der Waals surface area contributed by atoms with Crippen molar-refractivity contribution in [3.63, 3.8) is 0 Å². The molecule has 1 saturated carbocycles. The third kappa shape index (κ3) is 3.46. The lowest BCUT2D eigenvalue weighted by Crippen LogP contribution is -2.39. The molecular weight excluding hydrogens is 229 g/mol. The minimum absolute atomic E-state index is 0.125. The molecule has 17 heavy (non-hydrogen) atoms. The van der Waals surface area contributed by atoms with E-state index >= 15 is 0 Å². The molecule has 0 aromatic heterocycles. The molecule has 0 amide bonds. The summed E-state index contributed by atoms with van der Waals surface area (Å²) in [5, 5.41) is 0. The van der Waals surface area contributed by atoms with E-state index in [1.54, 1.807) is 0 Å². The van der Waals surface area contributed by atoms with E-state index in [9.17, 15) is 18.0 Å². The van der Waals surface area contributed by atoms with Crippen molar-refractivity contribution >= 4 is 5.78 Å². The van der Waals surface area contributed by atoms with E-state index in [0.29, 0.717) is 25.7 Å². The molecule has 0 aliphatic heterocycles. The quantitative estimate of drug-likeness (QED) is 0.724. The minimum atomic E-state index is -4.22. The minimum Gasteiger partial charge on any atom is -0.299 e. The lowest BCUT2D eigenvalue weighted by atomic mass is 9.73. The molecule has 0 bridgehead atoms. The van der Waals surface area contributed by atoms with E-state index in [1.165, 1.54) is 0 Å². The molecule has 0 aromatic carbocycles. The summed E-state index contributed by atoms with van der Waals surface area (Å²) in [6.45, 7) is 3.75. The summed E-state index contributed by atoms with van der Waals surface area (Å²) in [6.07, 6.45) is -1.03. The average molecular weight is 250 g/mol. The number of carbonyl (C=O) groups excluding carboxylic acids is 1. The van der Waals surface area contributed by atoms with Crippen LogP contribution in [0.5, 0.6) is 0 Å². The summed E-state index contributed by atoms with van der Waals surface area (Å²) < 4.78 is 38.6. The zero-order valence-corrected chi connectivity index (χ0v) is 10.5. The molecule has 0 radical (unpaired) electrons. The highest BCUT2D eigenvalue weighted by atomic mass is 19.4. The predicted octanol–water partition coefficient (Wildman–Crippen LogP) is 4.36. The molecule has 1 aliphatic rings. The largest absolute Gasteiger partial charge is 0.392 e. The number of alkyl halides is 3. The fourth-order valence-corrected chi connectivity index (χ4v) is 2.86. The van der Waals surface area contributed by atoms with Crippen molar-refractivity contribution in [3.8, 4) is 0 Å². The Kier molecular flexibility index (Phi) is 5.02. The molecule has 1 nitrogen and oxygen atoms in total. The molecule has 0 heterocycles. The van der Waals surface area contributed by atoms with Crippen LogP contribution in [0.2, 0.25) is 0 Å². The van der Waals surface area contributed by atoms with E-state index in [1.807, 2.05) is 13.8 Å². The molecular formula is C13H21F3O. The lowest BCUT2D eigenvalue weighted by Gasteiger charge is -2.33. The summed E-state index contributed by atoms with van der Waals surface area (Å²) in [5.41, 5.74) is 0. The van der Waals surface area contributed by atoms with Crippen molar-refractivity contribution in [1.82, 2.24) is 0 Å². The maximum Gasteiger partial charge on any atom is 0.392 e. The molecule has 1 rings (SSSR count). The highest BCUT2D eigenvalue weighted by Crippen LogP contribution is 2.43. The topological polar surface area (TPSA) is 17.1 Å². The second kappa shape index (κ2) is 5.87. The van der Waals surface area contributed by atoms with E-state index in [-0.39, 0.29) is 18.1 Å². The van der Waals surface area contributed by atoms with Crippen LogP contribution in [0.3, 0.4) is 0 Å². The number of rotatable bonds is 4. The van der Waals surface area contributed by atoms with Gasteiger partial charge in [-0.3, -0.25) is 4.79 Å². The van der Waals surface area contributed by atoms with Gasteiger partial charge >= 0.3 is 6.18 Å². The number of carbonyl (C=O) groups is 1. The van der Waals surface area contributed by atoms with Gasteiger partial charge < -0.3 is 0 Å². The highest BCUT2D eigenvalue weighted by molar-refractivity contribution is 5.83. The Bertz CT molecular complexity index is 256. The van der Waals surface area contributed by atoms with Crippen LogP contribution in [-0.4, -0.2) is 12.0 Å². The normalized spacial score (nSPS) is 26.2. The number of halogens is 3. The first kappa shape index (κ1) is 14.5. The van der Waals surface area contributed by atoms with Gasteiger partial charge in [-0.2, -0.15) is 13.2 Å². The van der Waals surface area contributed by atoms with Crippen LogP contribution in [0, 0.1) is 17.8 Å². The van der Waals surface area contributed by atoms with Crippen molar-refractivity contribution in [2.45, 2.75) is 58.5 Å². The second-order valence-corrected chi connectivity index (χ2v) is 4.95. The maximum absolute atomic E-state index is 12.9. The SMILES string of the molecule is CCC(CC)C(=O)C1CCCCC1C(F)(F)F. The first-order chi connectivity index (χ1) is 7.91. The highest BCUT2D eigenvalue weighted by Gasteiger charge is 2.48. The summed E-state index contributed by atoms with van der Waals surface area (Å²) >= 11 is 0. The number of hydrogen-bond donors (Lipinski definition) is 0. The fourth-order valence-electron chi connectivity index (χ4n) is 2.86. The van der Waals surface area contributed by atoms with Gasteiger partial charge in [0.25, 0.3) is 0 Å². The third-order valence-electron chi connectivity index (χ3n) is 3.94. The monoisotopic (exact) mass is 250 g/mol. The summed E-state index contributed by atoms with van der Waals surface area (Å²) in [7, 11) is 0. The van der Waals surface area contributed by atoms with Crippen molar-refractivity contribution < 1.29 is 18.0 Å². The first-order valence-electron chi connectivity index (χ1n) is 6.52. The maximum atomic E-state index is 12.9. The van der Waals surface area contributed by atoms with Crippen LogP contribution in [0.4, 0.5) is 13.2 Å². The van der Waals surface area contributed by atoms with E-state index < -0.39 is 18.0 Å². The van der Waals surface area contributed by atoms with Crippen molar-refractivity contribution in [2.24, 2.45) is 17.8 Å². The summed E-state index contributed by atoms with van der Waals surface area (Å²) in [4.78, 5) is 12.1. The zero-order chi connectivity index (χ0) is 13.1. The molecule has 1 aliphatic carbocycles. The van der Waals surface area contributed by atoms with Gasteiger partial charge in [0.15, 0.2) is 0 Å². The molecule has 4 heteroatoms. The Hall–Kier alpha value is -0.540. The van der Waals surface area contributed by atoms with Crippen LogP contribution < -0.4 is 0 Å². The molecule has 100 valence electrons. The Balaban J connectivity index is 2.81. The molecule has 0 N–H and O–H groups in total. The van der Waals surface area contributed by atoms with Gasteiger partial charge in [0.1, 0.15) is 5.78 Å². The zero-order valence-electron chi connectivity index (χ0n) is 10.5. The van der Waals surface area contributed by atoms with Crippen molar-refractivity contribution in [2.75, 3.05) is 0 Å². The van der Waals surface area contributed by atoms with Gasteiger partial charge in [-0.05, 0) is 25.7 Å². The van der Waals surface area contributed by atoms with Gasteiger partial charge in [0.2, 0.25) is 0 Å². The Morgan fingerprint density at radius 1 is 1.18 bits per heavy atom. The summed E-state index contributed by atoms with van der Waals surface area (Å²) in [6, 6.07) is 0. The molecule has 1 fully saturated rings. The number of ketones is 1. The fraction of sp³-hybridized carbons (Fsp3) is 0.923. The number of Topliss-reactive ketones (excluding diaryl/α,β-unsaturated/α-hetero) is 1. The third-order valence-corrected chi connectivity index (χ3v) is 3.94. The van der Waals surface area contributed by atoms with Gasteiger partial charge in [0, 0.05) is 11.8 Å². The molecule has 0 spiro atoms. The van der Waals surface area contributed by atoms with Crippen LogP contribution in [-0.2, 0) is 4.79 Å². The lowest BCUT2D eigenvalue weighted by molar-refractivity contribution is -0.198.